The molecule has 0 aliphatic heterocycles. The third-order valence-electron chi connectivity index (χ3n) is 2.77. The normalized spacial score (nSPS) is 10.3. The Labute approximate surface area is 106 Å². The number of benzene rings is 1. The van der Waals surface area contributed by atoms with Crippen molar-refractivity contribution in [1.82, 2.24) is 4.98 Å². The van der Waals surface area contributed by atoms with Crippen LogP contribution in [0.5, 0.6) is 0 Å². The number of pyridine rings is 1. The SMILES string of the molecule is CCN(Cc1ccncc1)c1cc(N)cc(F)c1. The van der Waals surface area contributed by atoms with Crippen molar-refractivity contribution in [1.29, 1.82) is 0 Å². The number of rotatable bonds is 4. The fraction of sp³-hybridized carbons (Fsp3) is 0.214. The number of halogens is 1. The highest BCUT2D eigenvalue weighted by Gasteiger charge is 2.07. The van der Waals surface area contributed by atoms with E-state index in [9.17, 15) is 4.39 Å². The molecule has 4 heteroatoms. The molecular formula is C14H16FN3. The Morgan fingerprint density at radius 2 is 1.94 bits per heavy atom. The average molecular weight is 245 g/mol. The fourth-order valence-electron chi connectivity index (χ4n) is 1.87. The molecule has 0 aliphatic carbocycles. The van der Waals surface area contributed by atoms with Crippen LogP contribution in [0.1, 0.15) is 12.5 Å². The Morgan fingerprint density at radius 3 is 2.56 bits per heavy atom. The van der Waals surface area contributed by atoms with Gasteiger partial charge in [0.2, 0.25) is 0 Å². The number of nitrogens with two attached hydrogens (primary N) is 1. The number of nitrogen functional groups attached to an aromatic ring is 1. The van der Waals surface area contributed by atoms with Crippen molar-refractivity contribution in [2.75, 3.05) is 17.2 Å². The topological polar surface area (TPSA) is 42.2 Å². The van der Waals surface area contributed by atoms with Crippen molar-refractivity contribution < 1.29 is 4.39 Å². The maximum absolute atomic E-state index is 13.3. The molecule has 18 heavy (non-hydrogen) atoms. The van der Waals surface area contributed by atoms with Gasteiger partial charge >= 0.3 is 0 Å². The zero-order valence-electron chi connectivity index (χ0n) is 10.3. The summed E-state index contributed by atoms with van der Waals surface area (Å²) in [5.41, 5.74) is 8.04. The van der Waals surface area contributed by atoms with Crippen molar-refractivity contribution in [3.8, 4) is 0 Å². The monoisotopic (exact) mass is 245 g/mol. The maximum atomic E-state index is 13.3. The van der Waals surface area contributed by atoms with Crippen LogP contribution in [0.2, 0.25) is 0 Å². The van der Waals surface area contributed by atoms with Gasteiger partial charge in [0.1, 0.15) is 5.82 Å². The van der Waals surface area contributed by atoms with Crippen LogP contribution in [0.25, 0.3) is 0 Å². The van der Waals surface area contributed by atoms with Gasteiger partial charge in [-0.15, -0.1) is 0 Å². The van der Waals surface area contributed by atoms with Gasteiger partial charge in [0.25, 0.3) is 0 Å². The van der Waals surface area contributed by atoms with Gasteiger partial charge in [-0.3, -0.25) is 4.98 Å². The van der Waals surface area contributed by atoms with E-state index >= 15 is 0 Å². The third-order valence-corrected chi connectivity index (χ3v) is 2.77. The molecule has 0 aliphatic rings. The standard InChI is InChI=1S/C14H16FN3/c1-2-18(10-11-3-5-17-6-4-11)14-8-12(15)7-13(16)9-14/h3-9H,2,10,16H2,1H3. The van der Waals surface area contributed by atoms with Gasteiger partial charge in [-0.1, -0.05) is 0 Å². The van der Waals surface area contributed by atoms with Gasteiger partial charge in [0.05, 0.1) is 0 Å². The van der Waals surface area contributed by atoms with Gasteiger partial charge in [0, 0.05) is 36.9 Å². The molecular weight excluding hydrogens is 229 g/mol. The molecule has 94 valence electrons. The highest BCUT2D eigenvalue weighted by molar-refractivity contribution is 5.56. The smallest absolute Gasteiger partial charge is 0.127 e. The van der Waals surface area contributed by atoms with E-state index in [1.54, 1.807) is 18.5 Å². The summed E-state index contributed by atoms with van der Waals surface area (Å²) in [4.78, 5) is 6.05. The number of hydrogen-bond donors (Lipinski definition) is 1. The molecule has 0 bridgehead atoms. The van der Waals surface area contributed by atoms with Gasteiger partial charge in [0.15, 0.2) is 0 Å². The molecule has 0 unspecified atom stereocenters. The molecule has 2 rings (SSSR count). The molecule has 0 radical (unpaired) electrons. The molecule has 0 fully saturated rings. The lowest BCUT2D eigenvalue weighted by atomic mass is 10.2. The van der Waals surface area contributed by atoms with Crippen molar-refractivity contribution in [3.63, 3.8) is 0 Å². The van der Waals surface area contributed by atoms with E-state index in [1.807, 2.05) is 19.1 Å². The molecule has 0 spiro atoms. The van der Waals surface area contributed by atoms with Crippen molar-refractivity contribution in [3.05, 3.63) is 54.1 Å². The van der Waals surface area contributed by atoms with E-state index < -0.39 is 0 Å². The minimum atomic E-state index is -0.307. The van der Waals surface area contributed by atoms with E-state index in [4.69, 9.17) is 5.73 Å². The van der Waals surface area contributed by atoms with Crippen LogP contribution in [-0.4, -0.2) is 11.5 Å². The fourth-order valence-corrected chi connectivity index (χ4v) is 1.87. The maximum Gasteiger partial charge on any atom is 0.127 e. The molecule has 1 heterocycles. The van der Waals surface area contributed by atoms with E-state index in [1.165, 1.54) is 12.1 Å². The molecule has 3 nitrogen and oxygen atoms in total. The zero-order chi connectivity index (χ0) is 13.0. The molecule has 0 amide bonds. The first kappa shape index (κ1) is 12.4. The van der Waals surface area contributed by atoms with E-state index in [0.717, 1.165) is 17.8 Å². The Kier molecular flexibility index (Phi) is 3.77. The number of hydrogen-bond acceptors (Lipinski definition) is 3. The lowest BCUT2D eigenvalue weighted by molar-refractivity contribution is 0.627. The van der Waals surface area contributed by atoms with Crippen LogP contribution in [0.15, 0.2) is 42.7 Å². The second-order valence-corrected chi connectivity index (χ2v) is 4.11. The summed E-state index contributed by atoms with van der Waals surface area (Å²) >= 11 is 0. The number of anilines is 2. The minimum absolute atomic E-state index is 0.307. The first-order valence-electron chi connectivity index (χ1n) is 5.89. The lowest BCUT2D eigenvalue weighted by Gasteiger charge is -2.23. The van der Waals surface area contributed by atoms with E-state index in [2.05, 4.69) is 9.88 Å². The molecule has 2 N–H and O–H groups in total. The third kappa shape index (κ3) is 2.97. The number of aromatic nitrogens is 1. The highest BCUT2D eigenvalue weighted by atomic mass is 19.1. The van der Waals surface area contributed by atoms with Crippen LogP contribution in [0.3, 0.4) is 0 Å². The molecule has 0 saturated carbocycles. The summed E-state index contributed by atoms with van der Waals surface area (Å²) in [7, 11) is 0. The predicted molar refractivity (Wildman–Crippen MR) is 71.8 cm³/mol. The summed E-state index contributed by atoms with van der Waals surface area (Å²) in [5, 5.41) is 0. The van der Waals surface area contributed by atoms with E-state index in [0.29, 0.717) is 12.2 Å². The largest absolute Gasteiger partial charge is 0.399 e. The Bertz CT molecular complexity index is 493. The van der Waals surface area contributed by atoms with Crippen LogP contribution >= 0.6 is 0 Å². The van der Waals surface area contributed by atoms with Crippen molar-refractivity contribution in [2.24, 2.45) is 0 Å². The Hall–Kier alpha value is -2.10. The lowest BCUT2D eigenvalue weighted by Crippen LogP contribution is -2.22. The van der Waals surface area contributed by atoms with E-state index in [-0.39, 0.29) is 5.82 Å². The zero-order valence-corrected chi connectivity index (χ0v) is 10.3. The first-order chi connectivity index (χ1) is 8.69. The van der Waals surface area contributed by atoms with Crippen LogP contribution < -0.4 is 10.6 Å². The second-order valence-electron chi connectivity index (χ2n) is 4.11. The highest BCUT2D eigenvalue weighted by Crippen LogP contribution is 2.21. The Morgan fingerprint density at radius 1 is 1.22 bits per heavy atom. The average Bonchev–Trinajstić information content (AvgIpc) is 2.36. The molecule has 1 aromatic heterocycles. The Balaban J connectivity index is 2.23. The number of nitrogens with zero attached hydrogens (tertiary/aromatic N) is 2. The predicted octanol–water partition coefficient (Wildman–Crippen LogP) is 2.83. The second kappa shape index (κ2) is 5.49. The molecule has 0 atom stereocenters. The summed E-state index contributed by atoms with van der Waals surface area (Å²) in [6.45, 7) is 3.52. The van der Waals surface area contributed by atoms with Gasteiger partial charge in [-0.25, -0.2) is 4.39 Å². The molecule has 1 aromatic carbocycles. The quantitative estimate of drug-likeness (QED) is 0.842. The van der Waals surface area contributed by atoms with Crippen molar-refractivity contribution in [2.45, 2.75) is 13.5 Å². The minimum Gasteiger partial charge on any atom is -0.399 e. The van der Waals surface area contributed by atoms with Crippen LogP contribution in [-0.2, 0) is 6.54 Å². The van der Waals surface area contributed by atoms with Crippen LogP contribution in [0.4, 0.5) is 15.8 Å². The van der Waals surface area contributed by atoms with Gasteiger partial charge < -0.3 is 10.6 Å². The van der Waals surface area contributed by atoms with Gasteiger partial charge in [-0.05, 0) is 42.8 Å². The molecule has 2 aromatic rings. The first-order valence-corrected chi connectivity index (χ1v) is 5.89. The summed E-state index contributed by atoms with van der Waals surface area (Å²) in [6.07, 6.45) is 3.51. The van der Waals surface area contributed by atoms with Crippen LogP contribution in [0, 0.1) is 5.82 Å². The van der Waals surface area contributed by atoms with Crippen molar-refractivity contribution >= 4 is 11.4 Å². The summed E-state index contributed by atoms with van der Waals surface area (Å²) < 4.78 is 13.3. The molecule has 0 saturated heterocycles. The van der Waals surface area contributed by atoms with Gasteiger partial charge in [-0.2, -0.15) is 0 Å². The summed E-state index contributed by atoms with van der Waals surface area (Å²) in [6, 6.07) is 8.51. The summed E-state index contributed by atoms with van der Waals surface area (Å²) in [5.74, 6) is -0.307.